The summed E-state index contributed by atoms with van der Waals surface area (Å²) in [6.45, 7) is 8.13. The number of pyridine rings is 1. The number of benzene rings is 2. The Morgan fingerprint density at radius 2 is 1.75 bits per heavy atom. The molecule has 2 aromatic carbocycles. The first kappa shape index (κ1) is 29.9. The molecule has 2 aromatic heterocycles. The van der Waals surface area contributed by atoms with Gasteiger partial charge in [-0.3, -0.25) is 4.79 Å². The van der Waals surface area contributed by atoms with E-state index < -0.39 is 23.4 Å². The molecule has 2 amide bonds. The van der Waals surface area contributed by atoms with E-state index in [1.165, 1.54) is 6.07 Å². The number of halogens is 3. The van der Waals surface area contributed by atoms with Crippen LogP contribution in [0.3, 0.4) is 0 Å². The van der Waals surface area contributed by atoms with Gasteiger partial charge in [0.25, 0.3) is 0 Å². The van der Waals surface area contributed by atoms with E-state index in [1.54, 1.807) is 49.7 Å². The van der Waals surface area contributed by atoms with Gasteiger partial charge in [-0.2, -0.15) is 18.2 Å². The van der Waals surface area contributed by atoms with Crippen LogP contribution >= 0.6 is 0 Å². The average molecular weight is 557 g/mol. The lowest BCUT2D eigenvalue weighted by Gasteiger charge is -2.19. The molecule has 212 valence electrons. The Kier molecular flexibility index (Phi) is 9.70. The van der Waals surface area contributed by atoms with Crippen LogP contribution in [0.15, 0.2) is 66.9 Å². The predicted molar refractivity (Wildman–Crippen MR) is 146 cm³/mol. The molecule has 0 saturated carbocycles. The first-order chi connectivity index (χ1) is 18.9. The molecule has 3 N–H and O–H groups in total. The predicted octanol–water partition coefficient (Wildman–Crippen LogP) is 5.72. The first-order valence-electron chi connectivity index (χ1n) is 12.4. The molecule has 2 heterocycles. The van der Waals surface area contributed by atoms with Crippen LogP contribution in [0.1, 0.15) is 31.9 Å². The number of fused-ring (bicyclic) bond motifs is 1. The number of carbonyl (C=O) groups excluding carboxylic acids is 2. The second-order valence-corrected chi connectivity index (χ2v) is 9.70. The number of hydrogen-bond acceptors (Lipinski definition) is 6. The number of alkyl halides is 3. The summed E-state index contributed by atoms with van der Waals surface area (Å²) in [7, 11) is 0. The van der Waals surface area contributed by atoms with Crippen molar-refractivity contribution in [2.75, 3.05) is 18.4 Å². The summed E-state index contributed by atoms with van der Waals surface area (Å²) in [5.74, 6) is 0.373. The van der Waals surface area contributed by atoms with Gasteiger partial charge in [-0.25, -0.2) is 9.31 Å². The number of nitrogens with one attached hydrogen (secondary N) is 3. The molecule has 4 aromatic rings. The van der Waals surface area contributed by atoms with E-state index in [1.807, 2.05) is 31.2 Å². The van der Waals surface area contributed by atoms with E-state index in [0.29, 0.717) is 42.2 Å². The highest BCUT2D eigenvalue weighted by Crippen LogP contribution is 2.33. The molecule has 9 nitrogen and oxygen atoms in total. The van der Waals surface area contributed by atoms with Gasteiger partial charge in [-0.1, -0.05) is 29.8 Å². The lowest BCUT2D eigenvalue weighted by molar-refractivity contribution is -0.137. The third-order valence-electron chi connectivity index (χ3n) is 5.19. The molecule has 0 aliphatic rings. The van der Waals surface area contributed by atoms with E-state index >= 15 is 0 Å². The molecular weight excluding hydrogens is 525 g/mol. The van der Waals surface area contributed by atoms with Crippen LogP contribution in [0.25, 0.3) is 16.8 Å². The van der Waals surface area contributed by atoms with Crippen molar-refractivity contribution in [1.82, 2.24) is 25.2 Å². The van der Waals surface area contributed by atoms with Crippen LogP contribution in [0.4, 0.5) is 29.6 Å². The molecular formula is C28H31F3N6O3. The summed E-state index contributed by atoms with van der Waals surface area (Å²) >= 11 is 0. The van der Waals surface area contributed by atoms with Gasteiger partial charge in [0.2, 0.25) is 12.4 Å². The third-order valence-corrected chi connectivity index (χ3v) is 5.19. The molecule has 40 heavy (non-hydrogen) atoms. The van der Waals surface area contributed by atoms with Crippen molar-refractivity contribution in [3.8, 4) is 11.1 Å². The zero-order valence-electron chi connectivity index (χ0n) is 22.5. The van der Waals surface area contributed by atoms with Gasteiger partial charge >= 0.3 is 12.3 Å². The molecule has 0 aliphatic heterocycles. The van der Waals surface area contributed by atoms with E-state index in [2.05, 4.69) is 26.0 Å². The lowest BCUT2D eigenvalue weighted by Crippen LogP contribution is -2.36. The number of carbonyl (C=O) groups is 2. The number of amides is 2. The zero-order valence-corrected chi connectivity index (χ0v) is 22.5. The third kappa shape index (κ3) is 9.00. The highest BCUT2D eigenvalue weighted by Gasteiger charge is 2.30. The number of rotatable bonds is 7. The van der Waals surface area contributed by atoms with Crippen molar-refractivity contribution in [2.24, 2.45) is 0 Å². The van der Waals surface area contributed by atoms with E-state index in [4.69, 9.17) is 4.74 Å². The van der Waals surface area contributed by atoms with Crippen molar-refractivity contribution in [2.45, 2.75) is 39.5 Å². The Morgan fingerprint density at radius 1 is 1.02 bits per heavy atom. The first-order valence-corrected chi connectivity index (χ1v) is 12.4. The minimum absolute atomic E-state index is 0.369. The SMILES string of the molecule is CC(C)(C)OC(=O)NCCNC=O.Cc1ccc(Nc2nc3c(-c4cccc(C(F)(F)F)c4)cccn3n2)cc1. The molecule has 0 saturated heterocycles. The fraction of sp³-hybridized carbons (Fsp3) is 0.286. The Labute approximate surface area is 229 Å². The lowest BCUT2D eigenvalue weighted by atomic mass is 10.0. The summed E-state index contributed by atoms with van der Waals surface area (Å²) in [4.78, 5) is 25.3. The number of ether oxygens (including phenoxy) is 1. The Bertz CT molecular complexity index is 1430. The van der Waals surface area contributed by atoms with Crippen LogP contribution < -0.4 is 16.0 Å². The quantitative estimate of drug-likeness (QED) is 0.198. The molecule has 0 bridgehead atoms. The van der Waals surface area contributed by atoms with Gasteiger partial charge in [0.1, 0.15) is 5.60 Å². The number of nitrogens with zero attached hydrogens (tertiary/aromatic N) is 3. The summed E-state index contributed by atoms with van der Waals surface area (Å²) < 4.78 is 45.6. The monoisotopic (exact) mass is 556 g/mol. The van der Waals surface area contributed by atoms with Crippen LogP contribution in [-0.2, 0) is 15.7 Å². The fourth-order valence-electron chi connectivity index (χ4n) is 3.42. The molecule has 0 fully saturated rings. The van der Waals surface area contributed by atoms with Crippen LogP contribution in [-0.4, -0.2) is 45.8 Å². The van der Waals surface area contributed by atoms with Gasteiger partial charge in [-0.05, 0) is 69.7 Å². The normalized spacial score (nSPS) is 11.3. The van der Waals surface area contributed by atoms with Gasteiger partial charge in [-0.15, -0.1) is 5.10 Å². The summed E-state index contributed by atoms with van der Waals surface area (Å²) in [5, 5.41) is 12.4. The number of aromatic nitrogens is 3. The molecule has 4 rings (SSSR count). The number of anilines is 2. The van der Waals surface area contributed by atoms with Gasteiger partial charge in [0, 0.05) is 30.5 Å². The van der Waals surface area contributed by atoms with Crippen molar-refractivity contribution >= 4 is 29.8 Å². The molecule has 0 atom stereocenters. The molecule has 0 unspecified atom stereocenters. The van der Waals surface area contributed by atoms with E-state index in [9.17, 15) is 22.8 Å². The van der Waals surface area contributed by atoms with Gasteiger partial charge in [0.15, 0.2) is 5.65 Å². The average Bonchev–Trinajstić information content (AvgIpc) is 3.29. The van der Waals surface area contributed by atoms with Crippen LogP contribution in [0, 0.1) is 6.92 Å². The molecule has 12 heteroatoms. The van der Waals surface area contributed by atoms with Crippen molar-refractivity contribution in [3.05, 3.63) is 78.0 Å². The Balaban J connectivity index is 0.000000289. The number of hydrogen-bond donors (Lipinski definition) is 3. The summed E-state index contributed by atoms with van der Waals surface area (Å²) in [5.41, 5.74) is 2.28. The molecule has 0 aliphatic carbocycles. The Hall–Kier alpha value is -4.61. The summed E-state index contributed by atoms with van der Waals surface area (Å²) in [6, 6.07) is 16.4. The Morgan fingerprint density at radius 3 is 2.40 bits per heavy atom. The highest BCUT2D eigenvalue weighted by atomic mass is 19.4. The smallest absolute Gasteiger partial charge is 0.416 e. The summed E-state index contributed by atoms with van der Waals surface area (Å²) in [6.07, 6.45) is -2.58. The van der Waals surface area contributed by atoms with Crippen LogP contribution in [0.2, 0.25) is 0 Å². The number of aryl methyl sites for hydroxylation is 1. The number of alkyl carbamates (subject to hydrolysis) is 1. The van der Waals surface area contributed by atoms with Crippen molar-refractivity contribution in [1.29, 1.82) is 0 Å². The maximum Gasteiger partial charge on any atom is 0.416 e. The second kappa shape index (κ2) is 13.0. The largest absolute Gasteiger partial charge is 0.444 e. The van der Waals surface area contributed by atoms with Gasteiger partial charge < -0.3 is 20.7 Å². The standard InChI is InChI=1S/C20H15F3N4.C8H16N2O3/c1-13-7-9-16(10-8-13)24-19-25-18-17(6-3-11-27(18)26-19)14-4-2-5-15(12-14)20(21,22)23;1-8(2,3)13-7(12)10-5-4-9-6-11/h2-12H,1H3,(H,24,26);6H,4-5H2,1-3H3,(H,9,11)(H,10,12). The minimum Gasteiger partial charge on any atom is -0.444 e. The van der Waals surface area contributed by atoms with Gasteiger partial charge in [0.05, 0.1) is 5.56 Å². The van der Waals surface area contributed by atoms with Crippen LogP contribution in [0.5, 0.6) is 0 Å². The van der Waals surface area contributed by atoms with E-state index in [0.717, 1.165) is 23.4 Å². The zero-order chi connectivity index (χ0) is 29.3. The maximum atomic E-state index is 13.0. The second-order valence-electron chi connectivity index (χ2n) is 9.70. The topological polar surface area (TPSA) is 110 Å². The fourth-order valence-corrected chi connectivity index (χ4v) is 3.42. The molecule has 0 spiro atoms. The molecule has 0 radical (unpaired) electrons. The van der Waals surface area contributed by atoms with Crippen molar-refractivity contribution < 1.29 is 27.5 Å². The minimum atomic E-state index is -4.40. The van der Waals surface area contributed by atoms with Crippen molar-refractivity contribution in [3.63, 3.8) is 0 Å². The highest BCUT2D eigenvalue weighted by molar-refractivity contribution is 5.78. The van der Waals surface area contributed by atoms with E-state index in [-0.39, 0.29) is 0 Å². The maximum absolute atomic E-state index is 13.0.